The number of sulfonamides is 1. The zero-order valence-corrected chi connectivity index (χ0v) is 11.8. The number of halogens is 1. The molecule has 0 aliphatic carbocycles. The van der Waals surface area contributed by atoms with Gasteiger partial charge in [-0.25, -0.2) is 12.8 Å². The lowest BCUT2D eigenvalue weighted by Crippen LogP contribution is -2.31. The Balaban J connectivity index is 2.54. The maximum atomic E-state index is 13.3. The Morgan fingerprint density at radius 3 is 2.45 bits per heavy atom. The van der Waals surface area contributed by atoms with Gasteiger partial charge < -0.3 is 5.73 Å². The molecule has 106 valence electrons. The molecule has 0 atom stereocenters. The molecule has 0 saturated carbocycles. The lowest BCUT2D eigenvalue weighted by atomic mass is 10.3. The smallest absolute Gasteiger partial charge is 0.266 e. The van der Waals surface area contributed by atoms with Crippen molar-refractivity contribution in [3.8, 4) is 0 Å². The third-order valence-corrected chi connectivity index (χ3v) is 4.85. The first-order valence-electron chi connectivity index (χ1n) is 6.09. The Hall–Kier alpha value is -2.08. The largest absolute Gasteiger partial charge is 0.398 e. The molecule has 0 fully saturated rings. The molecule has 20 heavy (non-hydrogen) atoms. The van der Waals surface area contributed by atoms with E-state index in [-0.39, 0.29) is 22.8 Å². The Morgan fingerprint density at radius 2 is 1.85 bits per heavy atom. The van der Waals surface area contributed by atoms with Crippen molar-refractivity contribution in [3.63, 3.8) is 0 Å². The Kier molecular flexibility index (Phi) is 3.94. The number of nitrogens with two attached hydrogens (primary N) is 1. The van der Waals surface area contributed by atoms with Crippen molar-refractivity contribution in [2.24, 2.45) is 0 Å². The molecule has 0 aliphatic rings. The number of anilines is 2. The van der Waals surface area contributed by atoms with Gasteiger partial charge in [0.1, 0.15) is 10.7 Å². The van der Waals surface area contributed by atoms with Crippen LogP contribution >= 0.6 is 0 Å². The summed E-state index contributed by atoms with van der Waals surface area (Å²) < 4.78 is 39.7. The molecular weight excluding hydrogens is 279 g/mol. The summed E-state index contributed by atoms with van der Waals surface area (Å²) in [6, 6.07) is 11.7. The summed E-state index contributed by atoms with van der Waals surface area (Å²) in [6.45, 7) is 1.86. The van der Waals surface area contributed by atoms with E-state index in [1.807, 2.05) is 0 Å². The molecule has 0 aliphatic heterocycles. The highest BCUT2D eigenvalue weighted by atomic mass is 32.2. The monoisotopic (exact) mass is 294 g/mol. The van der Waals surface area contributed by atoms with Crippen molar-refractivity contribution in [1.29, 1.82) is 0 Å². The number of rotatable bonds is 4. The van der Waals surface area contributed by atoms with Crippen LogP contribution in [0.1, 0.15) is 6.92 Å². The fourth-order valence-corrected chi connectivity index (χ4v) is 3.54. The molecule has 2 aromatic rings. The van der Waals surface area contributed by atoms with Gasteiger partial charge in [-0.2, -0.15) is 0 Å². The predicted octanol–water partition coefficient (Wildman–Crippen LogP) is 2.62. The van der Waals surface area contributed by atoms with Crippen LogP contribution in [0.25, 0.3) is 0 Å². The first-order chi connectivity index (χ1) is 9.46. The number of hydrogen-bond donors (Lipinski definition) is 1. The van der Waals surface area contributed by atoms with Gasteiger partial charge in [0.2, 0.25) is 0 Å². The topological polar surface area (TPSA) is 63.4 Å². The van der Waals surface area contributed by atoms with Gasteiger partial charge in [0.25, 0.3) is 10.0 Å². The third-order valence-electron chi connectivity index (χ3n) is 2.87. The number of para-hydroxylation sites is 1. The number of benzene rings is 2. The van der Waals surface area contributed by atoms with E-state index in [4.69, 9.17) is 5.73 Å². The molecule has 0 aromatic heterocycles. The van der Waals surface area contributed by atoms with Crippen LogP contribution in [0.2, 0.25) is 0 Å². The molecule has 0 amide bonds. The van der Waals surface area contributed by atoms with Gasteiger partial charge in [-0.1, -0.05) is 18.2 Å². The summed E-state index contributed by atoms with van der Waals surface area (Å²) in [5.74, 6) is -0.489. The molecule has 2 rings (SSSR count). The van der Waals surface area contributed by atoms with Gasteiger partial charge in [-0.05, 0) is 37.3 Å². The molecule has 0 spiro atoms. The first-order valence-corrected chi connectivity index (χ1v) is 7.53. The molecule has 0 unspecified atom stereocenters. The van der Waals surface area contributed by atoms with Crippen LogP contribution in [0.4, 0.5) is 15.8 Å². The van der Waals surface area contributed by atoms with E-state index in [1.165, 1.54) is 30.3 Å². The van der Waals surface area contributed by atoms with Gasteiger partial charge in [0, 0.05) is 6.54 Å². The second-order valence-corrected chi connectivity index (χ2v) is 6.02. The van der Waals surface area contributed by atoms with E-state index in [0.717, 1.165) is 4.31 Å². The van der Waals surface area contributed by atoms with E-state index < -0.39 is 15.8 Å². The molecule has 0 bridgehead atoms. The molecule has 0 radical (unpaired) electrons. The van der Waals surface area contributed by atoms with E-state index in [1.54, 1.807) is 25.1 Å². The molecule has 6 heteroatoms. The number of hydrogen-bond acceptors (Lipinski definition) is 3. The minimum atomic E-state index is -3.81. The zero-order valence-electron chi connectivity index (χ0n) is 11.0. The quantitative estimate of drug-likeness (QED) is 0.882. The molecule has 0 saturated heterocycles. The second kappa shape index (κ2) is 5.50. The lowest BCUT2D eigenvalue weighted by Gasteiger charge is -2.23. The van der Waals surface area contributed by atoms with Gasteiger partial charge in [-0.15, -0.1) is 0 Å². The van der Waals surface area contributed by atoms with E-state index in [2.05, 4.69) is 0 Å². The highest BCUT2D eigenvalue weighted by Crippen LogP contribution is 2.27. The summed E-state index contributed by atoms with van der Waals surface area (Å²) in [4.78, 5) is 0.0195. The van der Waals surface area contributed by atoms with Crippen molar-refractivity contribution in [2.75, 3.05) is 16.6 Å². The van der Waals surface area contributed by atoms with Crippen molar-refractivity contribution >= 4 is 21.4 Å². The fourth-order valence-electron chi connectivity index (χ4n) is 1.96. The van der Waals surface area contributed by atoms with Gasteiger partial charge >= 0.3 is 0 Å². The van der Waals surface area contributed by atoms with E-state index in [9.17, 15) is 12.8 Å². The maximum Gasteiger partial charge on any atom is 0.266 e. The average molecular weight is 294 g/mol. The molecule has 2 N–H and O–H groups in total. The molecule has 2 aromatic carbocycles. The van der Waals surface area contributed by atoms with Crippen LogP contribution < -0.4 is 10.0 Å². The fraction of sp³-hybridized carbons (Fsp3) is 0.143. The predicted molar refractivity (Wildman–Crippen MR) is 77.5 cm³/mol. The summed E-state index contributed by atoms with van der Waals surface area (Å²) in [6.07, 6.45) is 0. The summed E-state index contributed by atoms with van der Waals surface area (Å²) in [5, 5.41) is 0. The first kappa shape index (κ1) is 14.3. The van der Waals surface area contributed by atoms with E-state index >= 15 is 0 Å². The van der Waals surface area contributed by atoms with Crippen LogP contribution in [0.3, 0.4) is 0 Å². The van der Waals surface area contributed by atoms with Crippen LogP contribution in [0, 0.1) is 5.82 Å². The third kappa shape index (κ3) is 2.60. The van der Waals surface area contributed by atoms with Crippen LogP contribution in [0.15, 0.2) is 53.4 Å². The summed E-state index contributed by atoms with van der Waals surface area (Å²) in [7, 11) is -3.81. The molecule has 4 nitrogen and oxygen atoms in total. The van der Waals surface area contributed by atoms with Crippen molar-refractivity contribution in [1.82, 2.24) is 0 Å². The van der Waals surface area contributed by atoms with E-state index in [0.29, 0.717) is 0 Å². The Labute approximate surface area is 117 Å². The Bertz CT molecular complexity index is 717. The lowest BCUT2D eigenvalue weighted by molar-refractivity contribution is 0.592. The number of nitrogens with zero attached hydrogens (tertiary/aromatic N) is 1. The minimum absolute atomic E-state index is 0.0195. The van der Waals surface area contributed by atoms with Crippen molar-refractivity contribution < 1.29 is 12.8 Å². The SMILES string of the molecule is CCN(c1cccc(F)c1)S(=O)(=O)c1ccccc1N. The van der Waals surface area contributed by atoms with Crippen molar-refractivity contribution in [3.05, 3.63) is 54.3 Å². The zero-order chi connectivity index (χ0) is 14.8. The average Bonchev–Trinajstić information content (AvgIpc) is 2.39. The minimum Gasteiger partial charge on any atom is -0.398 e. The summed E-state index contributed by atoms with van der Waals surface area (Å²) in [5.41, 5.74) is 6.17. The maximum absolute atomic E-state index is 13.3. The van der Waals surface area contributed by atoms with Gasteiger partial charge in [0.15, 0.2) is 0 Å². The van der Waals surface area contributed by atoms with Crippen molar-refractivity contribution in [2.45, 2.75) is 11.8 Å². The number of nitrogen functional groups attached to an aromatic ring is 1. The van der Waals surface area contributed by atoms with Gasteiger partial charge in [0.05, 0.1) is 11.4 Å². The Morgan fingerprint density at radius 1 is 1.15 bits per heavy atom. The summed E-state index contributed by atoms with van der Waals surface area (Å²) >= 11 is 0. The highest BCUT2D eigenvalue weighted by Gasteiger charge is 2.25. The molecule has 0 heterocycles. The van der Waals surface area contributed by atoms with Crippen LogP contribution in [-0.2, 0) is 10.0 Å². The normalized spacial score (nSPS) is 11.3. The second-order valence-electron chi connectivity index (χ2n) is 4.19. The van der Waals surface area contributed by atoms with Crippen LogP contribution in [0.5, 0.6) is 0 Å². The van der Waals surface area contributed by atoms with Crippen LogP contribution in [-0.4, -0.2) is 15.0 Å². The van der Waals surface area contributed by atoms with Gasteiger partial charge in [-0.3, -0.25) is 4.31 Å². The highest BCUT2D eigenvalue weighted by molar-refractivity contribution is 7.93. The molecular formula is C14H15FN2O2S. The standard InChI is InChI=1S/C14H15FN2O2S/c1-2-17(12-7-5-6-11(15)10-12)20(18,19)14-9-4-3-8-13(14)16/h3-10H,2,16H2,1H3.